The average Bonchev–Trinajstić information content (AvgIpc) is 3.44. The van der Waals surface area contributed by atoms with Gasteiger partial charge in [0.25, 0.3) is 0 Å². The lowest BCUT2D eigenvalue weighted by Crippen LogP contribution is -2.36. The number of allylic oxidation sites excluding steroid dienone is 2. The number of hydrogen-bond acceptors (Lipinski definition) is 7. The number of nitrogens with zero attached hydrogens (tertiary/aromatic N) is 7. The quantitative estimate of drug-likeness (QED) is 0.506. The molecule has 0 saturated carbocycles. The number of aliphatic hydroxyl groups is 1. The zero-order valence-electron chi connectivity index (χ0n) is 17.7. The summed E-state index contributed by atoms with van der Waals surface area (Å²) in [5.74, 6) is 0.846. The Labute approximate surface area is 185 Å². The number of hydrogen-bond donors (Lipinski definition) is 2. The molecule has 0 fully saturated rings. The number of aryl methyl sites for hydroxylation is 2. The zero-order chi connectivity index (χ0) is 22.1. The number of nitrogens with one attached hydrogen (secondary N) is 1. The first kappa shape index (κ1) is 19.6. The Morgan fingerprint density at radius 1 is 0.906 bits per heavy atom. The second-order valence-corrected chi connectivity index (χ2v) is 7.61. The van der Waals surface area contributed by atoms with Crippen molar-refractivity contribution in [2.75, 3.05) is 5.01 Å². The van der Waals surface area contributed by atoms with E-state index in [0.29, 0.717) is 17.9 Å². The van der Waals surface area contributed by atoms with Crippen molar-refractivity contribution in [2.45, 2.75) is 6.42 Å². The minimum Gasteiger partial charge on any atom is -0.506 e. The van der Waals surface area contributed by atoms with E-state index in [1.807, 2.05) is 55.8 Å². The highest BCUT2D eigenvalue weighted by Gasteiger charge is 2.16. The van der Waals surface area contributed by atoms with Crippen molar-refractivity contribution in [1.29, 1.82) is 0 Å². The fourth-order valence-electron chi connectivity index (χ4n) is 3.52. The Kier molecular flexibility index (Phi) is 4.91. The smallest absolute Gasteiger partial charge is 0.159 e. The van der Waals surface area contributed by atoms with Crippen molar-refractivity contribution in [1.82, 2.24) is 35.0 Å². The molecule has 5 rings (SSSR count). The fourth-order valence-corrected chi connectivity index (χ4v) is 3.52. The maximum atomic E-state index is 10.4. The Hall–Kier alpha value is -4.40. The van der Waals surface area contributed by atoms with Crippen LogP contribution < -0.4 is 10.4 Å². The Morgan fingerprint density at radius 3 is 2.41 bits per heavy atom. The number of aliphatic hydroxyl groups excluding tert-OH is 1. The zero-order valence-corrected chi connectivity index (χ0v) is 17.7. The summed E-state index contributed by atoms with van der Waals surface area (Å²) in [7, 11) is 3.74. The molecule has 9 nitrogen and oxygen atoms in total. The summed E-state index contributed by atoms with van der Waals surface area (Å²) in [6.45, 7) is 0. The normalized spacial score (nSPS) is 13.5. The van der Waals surface area contributed by atoms with Gasteiger partial charge in [-0.1, -0.05) is 18.2 Å². The predicted molar refractivity (Wildman–Crippen MR) is 121 cm³/mol. The van der Waals surface area contributed by atoms with Gasteiger partial charge in [0.05, 0.1) is 24.3 Å². The van der Waals surface area contributed by atoms with E-state index >= 15 is 0 Å². The Bertz CT molecular complexity index is 1320. The molecule has 32 heavy (non-hydrogen) atoms. The summed E-state index contributed by atoms with van der Waals surface area (Å²) in [4.78, 5) is 9.08. The highest BCUT2D eigenvalue weighted by Crippen LogP contribution is 2.23. The third-order valence-electron chi connectivity index (χ3n) is 5.17. The molecule has 0 saturated heterocycles. The maximum absolute atomic E-state index is 10.4. The van der Waals surface area contributed by atoms with Gasteiger partial charge in [0.1, 0.15) is 11.4 Å². The first-order chi connectivity index (χ1) is 15.5. The molecule has 0 spiro atoms. The average molecular weight is 426 g/mol. The van der Waals surface area contributed by atoms with E-state index < -0.39 is 0 Å². The Morgan fingerprint density at radius 2 is 1.69 bits per heavy atom. The van der Waals surface area contributed by atoms with Gasteiger partial charge < -0.3 is 5.11 Å². The number of benzene rings is 1. The second kappa shape index (κ2) is 8.03. The minimum absolute atomic E-state index is 0.201. The van der Waals surface area contributed by atoms with Gasteiger partial charge in [-0.2, -0.15) is 10.2 Å². The lowest BCUT2D eigenvalue weighted by atomic mass is 10.0. The van der Waals surface area contributed by atoms with E-state index in [4.69, 9.17) is 0 Å². The molecule has 0 unspecified atom stereocenters. The molecule has 9 heteroatoms. The monoisotopic (exact) mass is 426 g/mol. The van der Waals surface area contributed by atoms with Crippen LogP contribution in [0, 0.1) is 0 Å². The van der Waals surface area contributed by atoms with Crippen molar-refractivity contribution >= 4 is 5.69 Å². The highest BCUT2D eigenvalue weighted by molar-refractivity contribution is 5.63. The first-order valence-corrected chi connectivity index (χ1v) is 10.1. The van der Waals surface area contributed by atoms with Crippen molar-refractivity contribution < 1.29 is 5.11 Å². The number of rotatable bonds is 5. The van der Waals surface area contributed by atoms with Gasteiger partial charge in [-0.25, -0.2) is 9.97 Å². The molecule has 1 aliphatic heterocycles. The summed E-state index contributed by atoms with van der Waals surface area (Å²) < 4.78 is 3.48. The summed E-state index contributed by atoms with van der Waals surface area (Å²) in [5.41, 5.74) is 8.66. The number of aromatic nitrogens is 6. The molecule has 2 N–H and O–H groups in total. The molecule has 3 aromatic heterocycles. The van der Waals surface area contributed by atoms with E-state index in [1.165, 1.54) is 0 Å². The Balaban J connectivity index is 1.34. The van der Waals surface area contributed by atoms with Crippen LogP contribution in [0.15, 0.2) is 85.2 Å². The molecule has 0 atom stereocenters. The van der Waals surface area contributed by atoms with Gasteiger partial charge in [0.2, 0.25) is 0 Å². The molecule has 4 heterocycles. The van der Waals surface area contributed by atoms with Gasteiger partial charge in [-0.05, 0) is 11.6 Å². The van der Waals surface area contributed by atoms with Crippen LogP contribution in [0.5, 0.6) is 0 Å². The van der Waals surface area contributed by atoms with Gasteiger partial charge >= 0.3 is 0 Å². The standard InChI is InChI=1S/C23H22N8O/c1-29-14-19(12-26-29)18-10-24-23(25-11-18)17-5-3-4-16(8-17)9-21-22(32)6-7-31(28-21)20-13-27-30(2)15-20/h3-8,10-15,28,32H,9H2,1-2H3. The van der Waals surface area contributed by atoms with Gasteiger partial charge in [0, 0.05) is 68.1 Å². The summed E-state index contributed by atoms with van der Waals surface area (Å²) in [6, 6.07) is 8.00. The molecular formula is C23H22N8O. The fraction of sp³-hybridized carbons (Fsp3) is 0.130. The van der Waals surface area contributed by atoms with Gasteiger partial charge in [0.15, 0.2) is 5.82 Å². The molecule has 0 radical (unpaired) electrons. The SMILES string of the molecule is Cn1cc(-c2cnc(-c3cccc(CC4=C(O)C=CN(c5cnn(C)c5)N4)c3)nc2)cn1. The van der Waals surface area contributed by atoms with E-state index in [9.17, 15) is 5.11 Å². The first-order valence-electron chi connectivity index (χ1n) is 10.1. The molecule has 0 amide bonds. The number of hydrazine groups is 1. The van der Waals surface area contributed by atoms with Gasteiger partial charge in [-0.3, -0.25) is 19.8 Å². The van der Waals surface area contributed by atoms with Crippen LogP contribution in [0.25, 0.3) is 22.5 Å². The molecule has 1 aromatic carbocycles. The third-order valence-corrected chi connectivity index (χ3v) is 5.17. The van der Waals surface area contributed by atoms with Crippen LogP contribution in [0.1, 0.15) is 5.56 Å². The van der Waals surface area contributed by atoms with Crippen LogP contribution in [-0.4, -0.2) is 34.6 Å². The van der Waals surface area contributed by atoms with Crippen LogP contribution in [0.3, 0.4) is 0 Å². The van der Waals surface area contributed by atoms with Crippen LogP contribution in [-0.2, 0) is 20.5 Å². The third kappa shape index (κ3) is 3.95. The van der Waals surface area contributed by atoms with E-state index in [2.05, 4.69) is 25.6 Å². The largest absolute Gasteiger partial charge is 0.506 e. The van der Waals surface area contributed by atoms with Crippen molar-refractivity contribution in [3.05, 3.63) is 90.7 Å². The van der Waals surface area contributed by atoms with E-state index in [0.717, 1.165) is 27.9 Å². The summed E-state index contributed by atoms with van der Waals surface area (Å²) in [6.07, 6.45) is 14.9. The van der Waals surface area contributed by atoms with Crippen LogP contribution >= 0.6 is 0 Å². The molecule has 1 aliphatic rings. The topological polar surface area (TPSA) is 96.9 Å². The minimum atomic E-state index is 0.201. The van der Waals surface area contributed by atoms with Crippen LogP contribution in [0.2, 0.25) is 0 Å². The lowest BCUT2D eigenvalue weighted by molar-refractivity contribution is 0.412. The highest BCUT2D eigenvalue weighted by atomic mass is 16.3. The lowest BCUT2D eigenvalue weighted by Gasteiger charge is -2.26. The second-order valence-electron chi connectivity index (χ2n) is 7.61. The van der Waals surface area contributed by atoms with Gasteiger partial charge in [-0.15, -0.1) is 0 Å². The van der Waals surface area contributed by atoms with Crippen molar-refractivity contribution in [3.8, 4) is 22.5 Å². The number of anilines is 1. The molecular weight excluding hydrogens is 404 g/mol. The van der Waals surface area contributed by atoms with Crippen molar-refractivity contribution in [2.24, 2.45) is 14.1 Å². The van der Waals surface area contributed by atoms with E-state index in [1.54, 1.807) is 46.4 Å². The van der Waals surface area contributed by atoms with Crippen molar-refractivity contribution in [3.63, 3.8) is 0 Å². The predicted octanol–water partition coefficient (Wildman–Crippen LogP) is 3.13. The summed E-state index contributed by atoms with van der Waals surface area (Å²) in [5, 5.41) is 20.6. The molecule has 0 aliphatic carbocycles. The molecule has 0 bridgehead atoms. The van der Waals surface area contributed by atoms with Crippen LogP contribution in [0.4, 0.5) is 5.69 Å². The molecule has 160 valence electrons. The maximum Gasteiger partial charge on any atom is 0.159 e. The van der Waals surface area contributed by atoms with E-state index in [-0.39, 0.29) is 5.76 Å². The molecule has 4 aromatic rings. The summed E-state index contributed by atoms with van der Waals surface area (Å²) >= 11 is 0.